The number of fused-ring (bicyclic) bond motifs is 1. The molecule has 104 valence electrons. The van der Waals surface area contributed by atoms with Crippen molar-refractivity contribution in [3.8, 4) is 0 Å². The number of benzene rings is 1. The number of hydrogen-bond donors (Lipinski definition) is 1. The number of halogens is 2. The van der Waals surface area contributed by atoms with Crippen LogP contribution < -0.4 is 5.32 Å². The monoisotopic (exact) mass is 298 g/mol. The molecular formula is C15H20Cl2N2. The van der Waals surface area contributed by atoms with Crippen LogP contribution in [0.5, 0.6) is 0 Å². The number of likely N-dealkylation sites (tertiary alicyclic amines) is 1. The van der Waals surface area contributed by atoms with E-state index in [1.54, 1.807) is 0 Å². The molecule has 0 saturated carbocycles. The van der Waals surface area contributed by atoms with Crippen LogP contribution in [0.15, 0.2) is 18.2 Å². The third kappa shape index (κ3) is 2.64. The van der Waals surface area contributed by atoms with E-state index in [4.69, 9.17) is 23.2 Å². The Balaban J connectivity index is 1.82. The van der Waals surface area contributed by atoms with Gasteiger partial charge in [-0.25, -0.2) is 0 Å². The van der Waals surface area contributed by atoms with Crippen molar-refractivity contribution in [1.82, 2.24) is 10.2 Å². The maximum absolute atomic E-state index is 6.15. The van der Waals surface area contributed by atoms with Crippen molar-refractivity contribution in [3.05, 3.63) is 33.8 Å². The number of piperidine rings is 1. The average molecular weight is 299 g/mol. The van der Waals surface area contributed by atoms with Crippen LogP contribution in [-0.4, -0.2) is 30.6 Å². The van der Waals surface area contributed by atoms with E-state index >= 15 is 0 Å². The first-order chi connectivity index (χ1) is 9.16. The Morgan fingerprint density at radius 1 is 1.26 bits per heavy atom. The van der Waals surface area contributed by atoms with Crippen molar-refractivity contribution in [3.63, 3.8) is 0 Å². The predicted molar refractivity (Wildman–Crippen MR) is 81.0 cm³/mol. The predicted octanol–water partition coefficient (Wildman–Crippen LogP) is 3.74. The van der Waals surface area contributed by atoms with Gasteiger partial charge in [-0.3, -0.25) is 4.90 Å². The fourth-order valence-electron chi connectivity index (χ4n) is 3.55. The Morgan fingerprint density at radius 3 is 2.89 bits per heavy atom. The lowest BCUT2D eigenvalue weighted by atomic mass is 9.90. The highest BCUT2D eigenvalue weighted by Gasteiger charge is 2.37. The van der Waals surface area contributed by atoms with Crippen molar-refractivity contribution in [1.29, 1.82) is 0 Å². The first kappa shape index (κ1) is 13.7. The van der Waals surface area contributed by atoms with Crippen LogP contribution >= 0.6 is 23.2 Å². The van der Waals surface area contributed by atoms with Gasteiger partial charge < -0.3 is 5.32 Å². The van der Waals surface area contributed by atoms with Crippen LogP contribution in [-0.2, 0) is 0 Å². The topological polar surface area (TPSA) is 15.3 Å². The summed E-state index contributed by atoms with van der Waals surface area (Å²) in [4.78, 5) is 2.63. The van der Waals surface area contributed by atoms with Crippen molar-refractivity contribution < 1.29 is 0 Å². The molecule has 0 aromatic heterocycles. The summed E-state index contributed by atoms with van der Waals surface area (Å²) < 4.78 is 0. The number of nitrogens with zero attached hydrogens (tertiary/aromatic N) is 1. The van der Waals surface area contributed by atoms with Crippen LogP contribution in [0.3, 0.4) is 0 Å². The van der Waals surface area contributed by atoms with Crippen LogP contribution in [0, 0.1) is 5.92 Å². The Kier molecular flexibility index (Phi) is 4.04. The van der Waals surface area contributed by atoms with Crippen LogP contribution in [0.25, 0.3) is 0 Å². The zero-order valence-corrected chi connectivity index (χ0v) is 12.7. The lowest BCUT2D eigenvalue weighted by Crippen LogP contribution is -2.46. The normalized spacial score (nSPS) is 29.2. The van der Waals surface area contributed by atoms with E-state index in [1.807, 2.05) is 12.1 Å². The Morgan fingerprint density at radius 2 is 2.11 bits per heavy atom. The molecule has 2 nitrogen and oxygen atoms in total. The van der Waals surface area contributed by atoms with Crippen molar-refractivity contribution in [2.24, 2.45) is 5.92 Å². The summed E-state index contributed by atoms with van der Waals surface area (Å²) in [5, 5.41) is 4.82. The molecule has 3 rings (SSSR count). The fourth-order valence-corrected chi connectivity index (χ4v) is 3.85. The molecular weight excluding hydrogens is 279 g/mol. The van der Waals surface area contributed by atoms with Crippen molar-refractivity contribution in [2.45, 2.75) is 31.8 Å². The van der Waals surface area contributed by atoms with Gasteiger partial charge in [-0.05, 0) is 56.5 Å². The molecule has 19 heavy (non-hydrogen) atoms. The number of nitrogens with one attached hydrogen (secondary N) is 1. The van der Waals surface area contributed by atoms with Gasteiger partial charge >= 0.3 is 0 Å². The van der Waals surface area contributed by atoms with Gasteiger partial charge in [0, 0.05) is 18.6 Å². The van der Waals surface area contributed by atoms with Gasteiger partial charge in [0.25, 0.3) is 0 Å². The number of rotatable bonds is 2. The van der Waals surface area contributed by atoms with Gasteiger partial charge in [0.2, 0.25) is 0 Å². The molecule has 2 fully saturated rings. The molecule has 1 aromatic rings. The lowest BCUT2D eigenvalue weighted by Gasteiger charge is -2.41. The van der Waals surface area contributed by atoms with E-state index < -0.39 is 0 Å². The van der Waals surface area contributed by atoms with E-state index in [2.05, 4.69) is 23.2 Å². The molecule has 4 heteroatoms. The molecule has 0 aliphatic carbocycles. The average Bonchev–Trinajstić information content (AvgIpc) is 2.89. The van der Waals surface area contributed by atoms with Crippen LogP contribution in [0.1, 0.15) is 31.4 Å². The highest BCUT2D eigenvalue weighted by atomic mass is 35.5. The molecule has 1 aromatic carbocycles. The third-order valence-electron chi connectivity index (χ3n) is 4.64. The maximum atomic E-state index is 6.15. The van der Waals surface area contributed by atoms with Gasteiger partial charge in [0.05, 0.1) is 10.0 Å². The number of hydrogen-bond acceptors (Lipinski definition) is 2. The zero-order chi connectivity index (χ0) is 13.4. The SMILES string of the molecule is CC(c1ccc(Cl)c(Cl)c1)N1CCCC2CNCC21. The smallest absolute Gasteiger partial charge is 0.0595 e. The maximum Gasteiger partial charge on any atom is 0.0595 e. The minimum Gasteiger partial charge on any atom is -0.315 e. The Hall–Kier alpha value is -0.280. The molecule has 2 saturated heterocycles. The van der Waals surface area contributed by atoms with Gasteiger partial charge in [-0.2, -0.15) is 0 Å². The van der Waals surface area contributed by atoms with Crippen molar-refractivity contribution >= 4 is 23.2 Å². The Bertz CT molecular complexity index is 463. The van der Waals surface area contributed by atoms with E-state index in [1.165, 1.54) is 31.5 Å². The van der Waals surface area contributed by atoms with Gasteiger partial charge in [0.15, 0.2) is 0 Å². The minimum absolute atomic E-state index is 0.405. The summed E-state index contributed by atoms with van der Waals surface area (Å²) in [6.45, 7) is 5.76. The van der Waals surface area contributed by atoms with Crippen LogP contribution in [0.4, 0.5) is 0 Å². The largest absolute Gasteiger partial charge is 0.315 e. The zero-order valence-electron chi connectivity index (χ0n) is 11.2. The second kappa shape index (κ2) is 5.61. The molecule has 0 amide bonds. The Labute approximate surface area is 125 Å². The summed E-state index contributed by atoms with van der Waals surface area (Å²) in [6, 6.07) is 7.11. The summed E-state index contributed by atoms with van der Waals surface area (Å²) in [7, 11) is 0. The third-order valence-corrected chi connectivity index (χ3v) is 5.38. The standard InChI is InChI=1S/C15H20Cl2N2/c1-10(11-4-5-13(16)14(17)7-11)19-6-2-3-12-8-18-9-15(12)19/h4-5,7,10,12,15,18H,2-3,6,8-9H2,1H3. The molecule has 0 radical (unpaired) electrons. The second-order valence-corrected chi connectivity index (χ2v) is 6.53. The molecule has 2 aliphatic heterocycles. The molecule has 0 spiro atoms. The molecule has 1 N–H and O–H groups in total. The van der Waals surface area contributed by atoms with Gasteiger partial charge in [0.1, 0.15) is 0 Å². The van der Waals surface area contributed by atoms with Gasteiger partial charge in [-0.15, -0.1) is 0 Å². The second-order valence-electron chi connectivity index (χ2n) is 5.72. The first-order valence-corrected chi connectivity index (χ1v) is 7.84. The lowest BCUT2D eigenvalue weighted by molar-refractivity contribution is 0.0847. The summed E-state index contributed by atoms with van der Waals surface area (Å²) in [5.41, 5.74) is 1.27. The molecule has 0 bridgehead atoms. The van der Waals surface area contributed by atoms with E-state index in [0.717, 1.165) is 12.5 Å². The summed E-state index contributed by atoms with van der Waals surface area (Å²) in [6.07, 6.45) is 2.66. The van der Waals surface area contributed by atoms with E-state index in [0.29, 0.717) is 22.1 Å². The molecule has 3 atom stereocenters. The summed E-state index contributed by atoms with van der Waals surface area (Å²) in [5.74, 6) is 0.818. The fraction of sp³-hybridized carbons (Fsp3) is 0.600. The van der Waals surface area contributed by atoms with Gasteiger partial charge in [-0.1, -0.05) is 29.3 Å². The van der Waals surface area contributed by atoms with Crippen LogP contribution in [0.2, 0.25) is 10.0 Å². The highest BCUT2D eigenvalue weighted by molar-refractivity contribution is 6.42. The molecule has 2 heterocycles. The van der Waals surface area contributed by atoms with Crippen molar-refractivity contribution in [2.75, 3.05) is 19.6 Å². The first-order valence-electron chi connectivity index (χ1n) is 7.08. The highest BCUT2D eigenvalue weighted by Crippen LogP contribution is 2.35. The molecule has 3 unspecified atom stereocenters. The van der Waals surface area contributed by atoms with E-state index in [9.17, 15) is 0 Å². The minimum atomic E-state index is 0.405. The molecule has 2 aliphatic rings. The summed E-state index contributed by atoms with van der Waals surface area (Å²) >= 11 is 12.1. The quantitative estimate of drug-likeness (QED) is 0.895. The van der Waals surface area contributed by atoms with E-state index in [-0.39, 0.29) is 0 Å².